The Kier molecular flexibility index (Phi) is 5.32. The molecule has 2 atom stereocenters. The first-order valence-corrected chi connectivity index (χ1v) is 6.22. The molecule has 0 aliphatic heterocycles. The molecule has 4 heteroatoms. The van der Waals surface area contributed by atoms with Gasteiger partial charge in [0, 0.05) is 19.3 Å². The Morgan fingerprint density at radius 3 is 2.71 bits per heavy atom. The van der Waals surface area contributed by atoms with Gasteiger partial charge in [-0.3, -0.25) is 14.4 Å². The van der Waals surface area contributed by atoms with Gasteiger partial charge in [0.25, 0.3) is 0 Å². The third-order valence-corrected chi connectivity index (χ3v) is 3.33. The van der Waals surface area contributed by atoms with Gasteiger partial charge >= 0.3 is 5.97 Å². The number of esters is 1. The van der Waals surface area contributed by atoms with Crippen molar-refractivity contribution < 1.29 is 19.1 Å². The average Bonchev–Trinajstić information content (AvgIpc) is 2.67. The van der Waals surface area contributed by atoms with Crippen molar-refractivity contribution in [2.75, 3.05) is 7.11 Å². The molecular formula is C13H20O4. The monoisotopic (exact) mass is 240 g/mol. The van der Waals surface area contributed by atoms with Crippen molar-refractivity contribution in [1.29, 1.82) is 0 Å². The number of carbonyl (C=O) groups excluding carboxylic acids is 3. The van der Waals surface area contributed by atoms with Gasteiger partial charge in [0.1, 0.15) is 17.5 Å². The number of carbonyl (C=O) groups is 3. The summed E-state index contributed by atoms with van der Waals surface area (Å²) in [4.78, 5) is 34.7. The van der Waals surface area contributed by atoms with Crippen molar-refractivity contribution in [1.82, 2.24) is 0 Å². The molecule has 0 N–H and O–H groups in total. The molecule has 0 saturated heterocycles. The lowest BCUT2D eigenvalue weighted by Gasteiger charge is -2.15. The van der Waals surface area contributed by atoms with Crippen molar-refractivity contribution >= 4 is 17.5 Å². The minimum atomic E-state index is -0.703. The van der Waals surface area contributed by atoms with Gasteiger partial charge in [-0.2, -0.15) is 0 Å². The topological polar surface area (TPSA) is 60.4 Å². The van der Waals surface area contributed by atoms with Crippen LogP contribution >= 0.6 is 0 Å². The molecule has 0 aromatic rings. The van der Waals surface area contributed by atoms with Crippen LogP contribution in [0.1, 0.15) is 45.4 Å². The van der Waals surface area contributed by atoms with E-state index in [9.17, 15) is 14.4 Å². The van der Waals surface area contributed by atoms with Crippen LogP contribution in [0.3, 0.4) is 0 Å². The largest absolute Gasteiger partial charge is 0.468 e. The van der Waals surface area contributed by atoms with Gasteiger partial charge in [0.2, 0.25) is 0 Å². The molecular weight excluding hydrogens is 220 g/mol. The van der Waals surface area contributed by atoms with Gasteiger partial charge < -0.3 is 4.74 Å². The highest BCUT2D eigenvalue weighted by molar-refractivity contribution is 6.01. The molecule has 0 radical (unpaired) electrons. The summed E-state index contributed by atoms with van der Waals surface area (Å²) in [6.07, 6.45) is 3.78. The number of Topliss-reactive ketones (excluding diaryl/α,β-unsaturated/α-hetero) is 2. The maximum absolute atomic E-state index is 11.7. The van der Waals surface area contributed by atoms with Gasteiger partial charge in [-0.1, -0.05) is 13.3 Å². The molecule has 1 rings (SSSR count). The van der Waals surface area contributed by atoms with E-state index in [4.69, 9.17) is 0 Å². The fourth-order valence-electron chi connectivity index (χ4n) is 2.35. The summed E-state index contributed by atoms with van der Waals surface area (Å²) in [7, 11) is 1.28. The summed E-state index contributed by atoms with van der Waals surface area (Å²) in [5.74, 6) is -1.25. The molecule has 0 heterocycles. The first kappa shape index (κ1) is 13.9. The molecule has 0 bridgehead atoms. The first-order chi connectivity index (χ1) is 8.10. The number of ketones is 2. The molecule has 0 aromatic carbocycles. The Hall–Kier alpha value is -1.19. The summed E-state index contributed by atoms with van der Waals surface area (Å²) in [5.41, 5.74) is 0. The molecule has 17 heavy (non-hydrogen) atoms. The average molecular weight is 240 g/mol. The van der Waals surface area contributed by atoms with Gasteiger partial charge in [-0.05, 0) is 18.8 Å². The van der Waals surface area contributed by atoms with Crippen LogP contribution in [0.15, 0.2) is 0 Å². The van der Waals surface area contributed by atoms with Crippen LogP contribution in [0.4, 0.5) is 0 Å². The fourth-order valence-corrected chi connectivity index (χ4v) is 2.35. The Labute approximate surface area is 102 Å². The van der Waals surface area contributed by atoms with E-state index in [0.717, 1.165) is 12.8 Å². The van der Waals surface area contributed by atoms with Crippen molar-refractivity contribution in [2.24, 2.45) is 11.8 Å². The van der Waals surface area contributed by atoms with Crippen molar-refractivity contribution in [3.8, 4) is 0 Å². The Morgan fingerprint density at radius 2 is 2.12 bits per heavy atom. The van der Waals surface area contributed by atoms with Gasteiger partial charge in [0.05, 0.1) is 7.11 Å². The predicted molar refractivity (Wildman–Crippen MR) is 62.4 cm³/mol. The van der Waals surface area contributed by atoms with Crippen LogP contribution in [0.5, 0.6) is 0 Å². The van der Waals surface area contributed by atoms with Crippen molar-refractivity contribution in [3.63, 3.8) is 0 Å². The highest BCUT2D eigenvalue weighted by Gasteiger charge is 2.41. The Balaban J connectivity index is 2.54. The normalized spacial score (nSPS) is 23.8. The van der Waals surface area contributed by atoms with Crippen LogP contribution in [-0.4, -0.2) is 24.6 Å². The molecule has 1 fully saturated rings. The van der Waals surface area contributed by atoms with Gasteiger partial charge in [0.15, 0.2) is 0 Å². The van der Waals surface area contributed by atoms with E-state index in [1.54, 1.807) is 0 Å². The smallest absolute Gasteiger partial charge is 0.316 e. The van der Waals surface area contributed by atoms with E-state index in [1.165, 1.54) is 7.11 Å². The number of methoxy groups -OCH3 is 1. The molecule has 0 unspecified atom stereocenters. The second-order valence-corrected chi connectivity index (χ2v) is 4.61. The fraction of sp³-hybridized carbons (Fsp3) is 0.769. The van der Waals surface area contributed by atoms with Crippen LogP contribution in [0.2, 0.25) is 0 Å². The molecule has 0 aromatic heterocycles. The molecule has 0 spiro atoms. The third-order valence-electron chi connectivity index (χ3n) is 3.33. The molecule has 1 aliphatic carbocycles. The summed E-state index contributed by atoms with van der Waals surface area (Å²) in [6.45, 7) is 2.03. The summed E-state index contributed by atoms with van der Waals surface area (Å²) in [5, 5.41) is 0. The van der Waals surface area contributed by atoms with Crippen LogP contribution in [-0.2, 0) is 19.1 Å². The lowest BCUT2D eigenvalue weighted by atomic mass is 9.89. The number of ether oxygens (including phenoxy) is 1. The zero-order valence-electron chi connectivity index (χ0n) is 10.5. The van der Waals surface area contributed by atoms with E-state index in [2.05, 4.69) is 4.74 Å². The molecule has 1 aliphatic rings. The van der Waals surface area contributed by atoms with E-state index in [0.29, 0.717) is 25.7 Å². The number of hydrogen-bond donors (Lipinski definition) is 0. The lowest BCUT2D eigenvalue weighted by Crippen LogP contribution is -2.27. The minimum Gasteiger partial charge on any atom is -0.468 e. The quantitative estimate of drug-likeness (QED) is 0.525. The molecule has 1 saturated carbocycles. The van der Waals surface area contributed by atoms with Gasteiger partial charge in [-0.25, -0.2) is 0 Å². The minimum absolute atomic E-state index is 0.0786. The third kappa shape index (κ3) is 3.65. The lowest BCUT2D eigenvalue weighted by molar-refractivity contribution is -0.149. The molecule has 0 amide bonds. The highest BCUT2D eigenvalue weighted by Crippen LogP contribution is 2.32. The zero-order valence-corrected chi connectivity index (χ0v) is 10.5. The maximum atomic E-state index is 11.7. The Bertz CT molecular complexity index is 309. The van der Waals surface area contributed by atoms with Gasteiger partial charge in [-0.15, -0.1) is 0 Å². The van der Waals surface area contributed by atoms with E-state index < -0.39 is 11.9 Å². The predicted octanol–water partition coefficient (Wildman–Crippen LogP) is 1.90. The first-order valence-electron chi connectivity index (χ1n) is 6.22. The second-order valence-electron chi connectivity index (χ2n) is 4.61. The van der Waals surface area contributed by atoms with Crippen LogP contribution < -0.4 is 0 Å². The van der Waals surface area contributed by atoms with Crippen molar-refractivity contribution in [2.45, 2.75) is 45.4 Å². The number of rotatable bonds is 6. The highest BCUT2D eigenvalue weighted by atomic mass is 16.5. The summed E-state index contributed by atoms with van der Waals surface area (Å²) in [6, 6.07) is 0. The molecule has 4 nitrogen and oxygen atoms in total. The second kappa shape index (κ2) is 6.52. The number of hydrogen-bond acceptors (Lipinski definition) is 4. The SMILES string of the molecule is CCCCC(=O)C[C@H]1CCC(=O)[C@@H]1C(=O)OC. The zero-order chi connectivity index (χ0) is 12.8. The van der Waals surface area contributed by atoms with E-state index >= 15 is 0 Å². The number of unbranched alkanes of at least 4 members (excludes halogenated alkanes) is 1. The summed E-state index contributed by atoms with van der Waals surface area (Å²) < 4.78 is 4.63. The van der Waals surface area contributed by atoms with E-state index in [1.807, 2.05) is 6.92 Å². The van der Waals surface area contributed by atoms with E-state index in [-0.39, 0.29) is 17.5 Å². The standard InChI is InChI=1S/C13H20O4/c1-3-4-5-10(14)8-9-6-7-11(15)12(9)13(16)17-2/h9,12H,3-8H2,1-2H3/t9-,12-/m1/s1. The van der Waals surface area contributed by atoms with Crippen LogP contribution in [0.25, 0.3) is 0 Å². The van der Waals surface area contributed by atoms with Crippen LogP contribution in [0, 0.1) is 11.8 Å². The molecule has 96 valence electrons. The summed E-state index contributed by atoms with van der Waals surface area (Å²) >= 11 is 0. The Morgan fingerprint density at radius 1 is 1.41 bits per heavy atom. The van der Waals surface area contributed by atoms with Crippen molar-refractivity contribution in [3.05, 3.63) is 0 Å². The maximum Gasteiger partial charge on any atom is 0.316 e.